The van der Waals surface area contributed by atoms with Crippen LogP contribution in [0.15, 0.2) is 0 Å². The Morgan fingerprint density at radius 1 is 1.64 bits per heavy atom. The number of halogens is 1. The standard InChI is InChI=1S/C5H12ClNO3S/c1-2-5(3-8)7-11(9,10)4-6/h5,7-8H,2-4H2,1H3/t5-/m1/s1. The maximum atomic E-state index is 10.8. The summed E-state index contributed by atoms with van der Waals surface area (Å²) in [5.41, 5.74) is 0. The van der Waals surface area contributed by atoms with E-state index >= 15 is 0 Å². The number of sulfonamides is 1. The molecule has 0 unspecified atom stereocenters. The third-order valence-corrected chi connectivity index (χ3v) is 3.04. The van der Waals surface area contributed by atoms with Crippen molar-refractivity contribution in [2.24, 2.45) is 0 Å². The fraction of sp³-hybridized carbons (Fsp3) is 1.00. The van der Waals surface area contributed by atoms with Gasteiger partial charge in [0.15, 0.2) is 0 Å². The van der Waals surface area contributed by atoms with E-state index in [9.17, 15) is 8.42 Å². The lowest BCUT2D eigenvalue weighted by Gasteiger charge is -2.11. The second-order valence-corrected chi connectivity index (χ2v) is 4.47. The van der Waals surface area contributed by atoms with Gasteiger partial charge in [0.2, 0.25) is 10.0 Å². The minimum atomic E-state index is -3.39. The van der Waals surface area contributed by atoms with Gasteiger partial charge in [-0.25, -0.2) is 13.1 Å². The summed E-state index contributed by atoms with van der Waals surface area (Å²) in [6, 6.07) is -0.418. The summed E-state index contributed by atoms with van der Waals surface area (Å²) < 4.78 is 23.8. The molecule has 0 aromatic carbocycles. The van der Waals surface area contributed by atoms with E-state index in [-0.39, 0.29) is 6.61 Å². The molecule has 0 fully saturated rings. The van der Waals surface area contributed by atoms with Gasteiger partial charge in [0, 0.05) is 6.04 Å². The Morgan fingerprint density at radius 3 is 2.45 bits per heavy atom. The molecule has 0 rings (SSSR count). The zero-order valence-electron chi connectivity index (χ0n) is 6.25. The number of nitrogens with one attached hydrogen (secondary N) is 1. The van der Waals surface area contributed by atoms with Gasteiger partial charge in [0.1, 0.15) is 5.21 Å². The molecular formula is C5H12ClNO3S. The zero-order valence-corrected chi connectivity index (χ0v) is 7.82. The Hall–Kier alpha value is 0.160. The van der Waals surface area contributed by atoms with E-state index in [4.69, 9.17) is 16.7 Å². The van der Waals surface area contributed by atoms with Crippen molar-refractivity contribution >= 4 is 21.6 Å². The van der Waals surface area contributed by atoms with Crippen LogP contribution in [0.1, 0.15) is 13.3 Å². The highest BCUT2D eigenvalue weighted by molar-refractivity contribution is 7.90. The fourth-order valence-corrected chi connectivity index (χ4v) is 1.54. The Kier molecular flexibility index (Phi) is 4.99. The predicted octanol–water partition coefficient (Wildman–Crippen LogP) is -0.127. The molecule has 0 aromatic heterocycles. The number of aliphatic hydroxyl groups excluding tert-OH is 1. The molecule has 0 bridgehead atoms. The first-order chi connectivity index (χ1) is 5.05. The van der Waals surface area contributed by atoms with Gasteiger partial charge in [0.05, 0.1) is 6.61 Å². The van der Waals surface area contributed by atoms with E-state index < -0.39 is 21.3 Å². The summed E-state index contributed by atoms with van der Waals surface area (Å²) in [5.74, 6) is 0. The van der Waals surface area contributed by atoms with E-state index in [1.165, 1.54) is 0 Å². The van der Waals surface area contributed by atoms with Crippen molar-refractivity contribution in [2.75, 3.05) is 11.8 Å². The van der Waals surface area contributed by atoms with Crippen molar-refractivity contribution in [3.63, 3.8) is 0 Å². The molecule has 1 atom stereocenters. The molecule has 0 spiro atoms. The van der Waals surface area contributed by atoms with Crippen molar-refractivity contribution < 1.29 is 13.5 Å². The molecule has 0 aromatic rings. The highest BCUT2D eigenvalue weighted by Crippen LogP contribution is 1.95. The zero-order chi connectivity index (χ0) is 8.91. The minimum Gasteiger partial charge on any atom is -0.395 e. The van der Waals surface area contributed by atoms with Gasteiger partial charge in [0.25, 0.3) is 0 Å². The number of hydrogen-bond acceptors (Lipinski definition) is 3. The lowest BCUT2D eigenvalue weighted by atomic mass is 10.3. The lowest BCUT2D eigenvalue weighted by Crippen LogP contribution is -2.37. The normalized spacial score (nSPS) is 14.8. The van der Waals surface area contributed by atoms with Gasteiger partial charge >= 0.3 is 0 Å². The Bertz CT molecular complexity index is 188. The Labute approximate surface area is 71.6 Å². The Balaban J connectivity index is 4.01. The summed E-state index contributed by atoms with van der Waals surface area (Å²) in [6.07, 6.45) is 0.548. The third kappa shape index (κ3) is 4.58. The highest BCUT2D eigenvalue weighted by atomic mass is 35.5. The maximum absolute atomic E-state index is 10.8. The summed E-state index contributed by atoms with van der Waals surface area (Å²) in [4.78, 5) is 0. The van der Waals surface area contributed by atoms with E-state index in [2.05, 4.69) is 4.72 Å². The molecule has 4 nitrogen and oxygen atoms in total. The Morgan fingerprint density at radius 2 is 2.18 bits per heavy atom. The average Bonchev–Trinajstić information content (AvgIpc) is 2.00. The molecule has 0 aliphatic heterocycles. The molecule has 0 heterocycles. The van der Waals surface area contributed by atoms with Crippen LogP contribution in [0, 0.1) is 0 Å². The first kappa shape index (κ1) is 11.2. The van der Waals surface area contributed by atoms with Crippen LogP contribution < -0.4 is 4.72 Å². The topological polar surface area (TPSA) is 66.4 Å². The van der Waals surface area contributed by atoms with Gasteiger partial charge in [-0.3, -0.25) is 0 Å². The summed E-state index contributed by atoms with van der Waals surface area (Å²) in [6.45, 7) is 1.57. The predicted molar refractivity (Wildman–Crippen MR) is 43.9 cm³/mol. The summed E-state index contributed by atoms with van der Waals surface area (Å²) in [5, 5.41) is 8.15. The molecule has 11 heavy (non-hydrogen) atoms. The van der Waals surface area contributed by atoms with Crippen LogP contribution in [0.2, 0.25) is 0 Å². The first-order valence-electron chi connectivity index (χ1n) is 3.22. The smallest absolute Gasteiger partial charge is 0.225 e. The lowest BCUT2D eigenvalue weighted by molar-refractivity contribution is 0.254. The average molecular weight is 202 g/mol. The van der Waals surface area contributed by atoms with Crippen molar-refractivity contribution in [3.05, 3.63) is 0 Å². The molecule has 0 radical (unpaired) electrons. The minimum absolute atomic E-state index is 0.202. The SMILES string of the molecule is CC[C@H](CO)NS(=O)(=O)CCl. The van der Waals surface area contributed by atoms with Crippen LogP contribution in [0.25, 0.3) is 0 Å². The van der Waals surface area contributed by atoms with Crippen LogP contribution in [0.4, 0.5) is 0 Å². The van der Waals surface area contributed by atoms with Gasteiger partial charge in [-0.2, -0.15) is 0 Å². The van der Waals surface area contributed by atoms with Crippen LogP contribution in [0.5, 0.6) is 0 Å². The monoisotopic (exact) mass is 201 g/mol. The summed E-state index contributed by atoms with van der Waals surface area (Å²) in [7, 11) is -3.39. The van der Waals surface area contributed by atoms with Crippen LogP contribution in [-0.2, 0) is 10.0 Å². The largest absolute Gasteiger partial charge is 0.395 e. The van der Waals surface area contributed by atoms with Crippen molar-refractivity contribution in [1.29, 1.82) is 0 Å². The van der Waals surface area contributed by atoms with Gasteiger partial charge in [-0.15, -0.1) is 11.6 Å². The quantitative estimate of drug-likeness (QED) is 0.610. The summed E-state index contributed by atoms with van der Waals surface area (Å²) >= 11 is 5.12. The van der Waals surface area contributed by atoms with Crippen LogP contribution >= 0.6 is 11.6 Å². The first-order valence-corrected chi connectivity index (χ1v) is 5.41. The molecule has 0 aliphatic carbocycles. The number of hydrogen-bond donors (Lipinski definition) is 2. The number of rotatable bonds is 5. The molecule has 68 valence electrons. The molecule has 2 N–H and O–H groups in total. The molecule has 6 heteroatoms. The number of aliphatic hydroxyl groups is 1. The molecule has 0 aliphatic rings. The van der Waals surface area contributed by atoms with E-state index in [0.29, 0.717) is 6.42 Å². The van der Waals surface area contributed by atoms with E-state index in [0.717, 1.165) is 0 Å². The van der Waals surface area contributed by atoms with Crippen molar-refractivity contribution in [2.45, 2.75) is 19.4 Å². The highest BCUT2D eigenvalue weighted by Gasteiger charge is 2.13. The molecule has 0 amide bonds. The van der Waals surface area contributed by atoms with Crippen molar-refractivity contribution in [3.8, 4) is 0 Å². The molecule has 0 saturated heterocycles. The van der Waals surface area contributed by atoms with E-state index in [1.807, 2.05) is 0 Å². The van der Waals surface area contributed by atoms with E-state index in [1.54, 1.807) is 6.92 Å². The van der Waals surface area contributed by atoms with Gasteiger partial charge < -0.3 is 5.11 Å². The van der Waals surface area contributed by atoms with Crippen LogP contribution in [0.3, 0.4) is 0 Å². The number of alkyl halides is 1. The van der Waals surface area contributed by atoms with Gasteiger partial charge in [-0.05, 0) is 6.42 Å². The van der Waals surface area contributed by atoms with Crippen LogP contribution in [-0.4, -0.2) is 31.4 Å². The van der Waals surface area contributed by atoms with Crippen molar-refractivity contribution in [1.82, 2.24) is 4.72 Å². The second-order valence-electron chi connectivity index (χ2n) is 2.13. The maximum Gasteiger partial charge on any atom is 0.225 e. The second kappa shape index (κ2) is 4.92. The molecular weight excluding hydrogens is 190 g/mol. The third-order valence-electron chi connectivity index (χ3n) is 1.20. The van der Waals surface area contributed by atoms with Gasteiger partial charge in [-0.1, -0.05) is 6.92 Å². The molecule has 0 saturated carbocycles. The fourth-order valence-electron chi connectivity index (χ4n) is 0.535.